The van der Waals surface area contributed by atoms with E-state index >= 15 is 0 Å². The maximum Gasteiger partial charge on any atom is 0.323 e. The number of nitrogens with zero attached hydrogens (tertiary/aromatic N) is 1. The van der Waals surface area contributed by atoms with Crippen LogP contribution in [-0.2, 0) is 0 Å². The van der Waals surface area contributed by atoms with E-state index in [0.29, 0.717) is 33.5 Å². The molecule has 4 aromatic rings. The Balaban J connectivity index is 1.64. The van der Waals surface area contributed by atoms with E-state index in [1.807, 2.05) is 49.4 Å². The van der Waals surface area contributed by atoms with Crippen LogP contribution >= 0.6 is 0 Å². The zero-order chi connectivity index (χ0) is 26.7. The number of benzene rings is 4. The first-order valence-corrected chi connectivity index (χ1v) is 12.2. The standard InChI is InChI=1S/C31H25F2N3O2/c1-20-11-13-24(14-12-20)35-30(37)36-28-16-23(25-10-6-5-9-22(25)18-34)15-26-27(21-7-3-2-4-8-21)17-31(32,33)19-38-29(26)28/h2-16,27H,17,19H2,1H3,(H2,35,36,37). The van der Waals surface area contributed by atoms with E-state index < -0.39 is 30.9 Å². The number of nitriles is 1. The van der Waals surface area contributed by atoms with Gasteiger partial charge in [0.1, 0.15) is 5.75 Å². The molecule has 2 amide bonds. The van der Waals surface area contributed by atoms with Gasteiger partial charge in [0.05, 0.1) is 17.3 Å². The lowest BCUT2D eigenvalue weighted by Crippen LogP contribution is -2.26. The van der Waals surface area contributed by atoms with Crippen molar-refractivity contribution in [1.82, 2.24) is 0 Å². The van der Waals surface area contributed by atoms with E-state index in [9.17, 15) is 18.8 Å². The van der Waals surface area contributed by atoms with Crippen LogP contribution < -0.4 is 15.4 Å². The second-order valence-electron chi connectivity index (χ2n) is 9.36. The average Bonchev–Trinajstić information content (AvgIpc) is 3.06. The SMILES string of the molecule is Cc1ccc(NC(=O)Nc2cc(-c3ccccc3C#N)cc3c2OCC(F)(F)CC3c2ccccc2)cc1. The molecule has 0 saturated carbocycles. The van der Waals surface area contributed by atoms with Crippen molar-refractivity contribution in [3.8, 4) is 22.9 Å². The van der Waals surface area contributed by atoms with Crippen LogP contribution in [0.4, 0.5) is 25.0 Å². The molecule has 0 radical (unpaired) electrons. The summed E-state index contributed by atoms with van der Waals surface area (Å²) in [5.74, 6) is -3.60. The summed E-state index contributed by atoms with van der Waals surface area (Å²) in [6.45, 7) is 1.13. The van der Waals surface area contributed by atoms with E-state index in [4.69, 9.17) is 4.74 Å². The number of hydrogen-bond donors (Lipinski definition) is 2. The van der Waals surface area contributed by atoms with Gasteiger partial charge < -0.3 is 15.4 Å². The summed E-state index contributed by atoms with van der Waals surface area (Å²) in [5, 5.41) is 15.3. The molecule has 0 saturated heterocycles. The molecule has 38 heavy (non-hydrogen) atoms. The van der Waals surface area contributed by atoms with Crippen LogP contribution in [0.1, 0.15) is 34.6 Å². The number of halogens is 2. The summed E-state index contributed by atoms with van der Waals surface area (Å²) in [6.07, 6.45) is -0.456. The number of alkyl halides is 2. The summed E-state index contributed by atoms with van der Waals surface area (Å²) in [6, 6.07) is 28.5. The first kappa shape index (κ1) is 25.0. The molecule has 5 rings (SSSR count). The Hall–Kier alpha value is -4.70. The monoisotopic (exact) mass is 509 g/mol. The molecule has 4 aromatic carbocycles. The Bertz CT molecular complexity index is 1510. The molecule has 0 bridgehead atoms. The number of anilines is 2. The normalized spacial score (nSPS) is 15.8. The first-order valence-electron chi connectivity index (χ1n) is 12.2. The number of carbonyl (C=O) groups is 1. The number of fused-ring (bicyclic) bond motifs is 1. The molecule has 5 nitrogen and oxygen atoms in total. The predicted octanol–water partition coefficient (Wildman–Crippen LogP) is 7.73. The third-order valence-electron chi connectivity index (χ3n) is 6.54. The van der Waals surface area contributed by atoms with Crippen molar-refractivity contribution in [3.63, 3.8) is 0 Å². The fourth-order valence-corrected chi connectivity index (χ4v) is 4.70. The predicted molar refractivity (Wildman–Crippen MR) is 144 cm³/mol. The lowest BCUT2D eigenvalue weighted by Gasteiger charge is -2.22. The minimum absolute atomic E-state index is 0.188. The second kappa shape index (κ2) is 10.3. The Morgan fingerprint density at radius 1 is 0.974 bits per heavy atom. The molecule has 1 aliphatic rings. The highest BCUT2D eigenvalue weighted by atomic mass is 19.3. The highest BCUT2D eigenvalue weighted by molar-refractivity contribution is 6.01. The largest absolute Gasteiger partial charge is 0.485 e. The molecule has 7 heteroatoms. The number of ether oxygens (including phenoxy) is 1. The summed E-state index contributed by atoms with van der Waals surface area (Å²) in [7, 11) is 0. The maximum absolute atomic E-state index is 15.0. The number of aryl methyl sites for hydroxylation is 1. The Kier molecular flexibility index (Phi) is 6.80. The zero-order valence-corrected chi connectivity index (χ0v) is 20.7. The number of nitrogens with one attached hydrogen (secondary N) is 2. The Labute approximate surface area is 219 Å². The molecule has 1 unspecified atom stereocenters. The molecule has 0 fully saturated rings. The Morgan fingerprint density at radius 2 is 1.68 bits per heavy atom. The fourth-order valence-electron chi connectivity index (χ4n) is 4.70. The van der Waals surface area contributed by atoms with Gasteiger partial charge in [0.25, 0.3) is 5.92 Å². The van der Waals surface area contributed by atoms with Gasteiger partial charge in [0, 0.05) is 23.6 Å². The van der Waals surface area contributed by atoms with Crippen molar-refractivity contribution in [3.05, 3.63) is 113 Å². The molecule has 1 heterocycles. The van der Waals surface area contributed by atoms with Crippen LogP contribution in [0.3, 0.4) is 0 Å². The molecule has 1 atom stereocenters. The molecular formula is C31H25F2N3O2. The number of rotatable bonds is 4. The van der Waals surface area contributed by atoms with Crippen LogP contribution in [-0.4, -0.2) is 18.6 Å². The molecule has 0 aromatic heterocycles. The lowest BCUT2D eigenvalue weighted by molar-refractivity contribution is -0.0448. The molecular weight excluding hydrogens is 484 g/mol. The van der Waals surface area contributed by atoms with Crippen LogP contribution in [0.25, 0.3) is 11.1 Å². The third kappa shape index (κ3) is 5.35. The van der Waals surface area contributed by atoms with Crippen LogP contribution in [0.5, 0.6) is 5.75 Å². The molecule has 2 N–H and O–H groups in total. The van der Waals surface area contributed by atoms with Crippen molar-refractivity contribution < 1.29 is 18.3 Å². The Morgan fingerprint density at radius 3 is 2.42 bits per heavy atom. The summed E-state index contributed by atoms with van der Waals surface area (Å²) in [4.78, 5) is 13.0. The molecule has 0 spiro atoms. The summed E-state index contributed by atoms with van der Waals surface area (Å²) >= 11 is 0. The summed E-state index contributed by atoms with van der Waals surface area (Å²) in [5.41, 5.74) is 4.77. The van der Waals surface area contributed by atoms with Gasteiger partial charge in [0.15, 0.2) is 6.61 Å². The molecule has 0 aliphatic carbocycles. The van der Waals surface area contributed by atoms with E-state index in [1.165, 1.54) is 0 Å². The quantitative estimate of drug-likeness (QED) is 0.296. The van der Waals surface area contributed by atoms with Gasteiger partial charge in [-0.05, 0) is 53.9 Å². The minimum Gasteiger partial charge on any atom is -0.485 e. The van der Waals surface area contributed by atoms with E-state index in [2.05, 4.69) is 16.7 Å². The topological polar surface area (TPSA) is 74.2 Å². The number of hydrogen-bond acceptors (Lipinski definition) is 3. The van der Waals surface area contributed by atoms with Gasteiger partial charge in [-0.3, -0.25) is 0 Å². The lowest BCUT2D eigenvalue weighted by atomic mass is 9.84. The average molecular weight is 510 g/mol. The van der Waals surface area contributed by atoms with Crippen molar-refractivity contribution in [2.45, 2.75) is 25.2 Å². The minimum atomic E-state index is -3.09. The van der Waals surface area contributed by atoms with Gasteiger partial charge >= 0.3 is 6.03 Å². The number of urea groups is 1. The fraction of sp³-hybridized carbons (Fsp3) is 0.161. The van der Waals surface area contributed by atoms with E-state index in [1.54, 1.807) is 48.5 Å². The van der Waals surface area contributed by atoms with Gasteiger partial charge in [-0.1, -0.05) is 66.2 Å². The van der Waals surface area contributed by atoms with Crippen molar-refractivity contribution in [1.29, 1.82) is 5.26 Å². The van der Waals surface area contributed by atoms with Crippen molar-refractivity contribution in [2.75, 3.05) is 17.2 Å². The van der Waals surface area contributed by atoms with E-state index in [-0.39, 0.29) is 11.4 Å². The smallest absolute Gasteiger partial charge is 0.323 e. The first-order chi connectivity index (χ1) is 18.3. The van der Waals surface area contributed by atoms with Crippen LogP contribution in [0.15, 0.2) is 91.0 Å². The van der Waals surface area contributed by atoms with Crippen molar-refractivity contribution in [2.24, 2.45) is 0 Å². The second-order valence-corrected chi connectivity index (χ2v) is 9.36. The number of amides is 2. The van der Waals surface area contributed by atoms with Gasteiger partial charge in [-0.2, -0.15) is 5.26 Å². The molecule has 190 valence electrons. The van der Waals surface area contributed by atoms with Gasteiger partial charge in [0.2, 0.25) is 0 Å². The van der Waals surface area contributed by atoms with Crippen LogP contribution in [0.2, 0.25) is 0 Å². The highest BCUT2D eigenvalue weighted by Crippen LogP contribution is 2.47. The third-order valence-corrected chi connectivity index (χ3v) is 6.54. The van der Waals surface area contributed by atoms with Gasteiger partial charge in [-0.25, -0.2) is 13.6 Å². The molecule has 1 aliphatic heterocycles. The van der Waals surface area contributed by atoms with Gasteiger partial charge in [-0.15, -0.1) is 0 Å². The highest BCUT2D eigenvalue weighted by Gasteiger charge is 2.40. The zero-order valence-electron chi connectivity index (χ0n) is 20.7. The van der Waals surface area contributed by atoms with Crippen molar-refractivity contribution >= 4 is 17.4 Å². The van der Waals surface area contributed by atoms with E-state index in [0.717, 1.165) is 5.56 Å². The number of carbonyl (C=O) groups excluding carboxylic acids is 1. The summed E-state index contributed by atoms with van der Waals surface area (Å²) < 4.78 is 35.6. The maximum atomic E-state index is 15.0. The van der Waals surface area contributed by atoms with Crippen LogP contribution in [0, 0.1) is 18.3 Å².